The van der Waals surface area contributed by atoms with Crippen molar-refractivity contribution in [1.82, 2.24) is 24.1 Å². The average Bonchev–Trinajstić information content (AvgIpc) is 1.58. The van der Waals surface area contributed by atoms with E-state index in [9.17, 15) is 15.8 Å². The number of nitriles is 3. The van der Waals surface area contributed by atoms with Gasteiger partial charge in [0.25, 0.3) is 0 Å². The van der Waals surface area contributed by atoms with Crippen molar-refractivity contribution in [2.45, 2.75) is 0 Å². The third-order valence-electron chi connectivity index (χ3n) is 18.7. The molecule has 0 unspecified atom stereocenters. The van der Waals surface area contributed by atoms with Gasteiger partial charge in [-0.3, -0.25) is 0 Å². The molecule has 17 rings (SSSR count). The van der Waals surface area contributed by atoms with Crippen molar-refractivity contribution in [3.8, 4) is 142 Å². The maximum Gasteiger partial charge on any atom is 0.164 e. The van der Waals surface area contributed by atoms with Crippen molar-refractivity contribution >= 4 is 43.6 Å². The molecule has 8 heteroatoms. The van der Waals surface area contributed by atoms with Crippen molar-refractivity contribution in [1.29, 1.82) is 15.8 Å². The van der Waals surface area contributed by atoms with Gasteiger partial charge in [0.05, 0.1) is 68.3 Å². The molecule has 3 heterocycles. The maximum atomic E-state index is 10.4. The van der Waals surface area contributed by atoms with E-state index in [2.05, 4.69) is 252 Å². The summed E-state index contributed by atoms with van der Waals surface area (Å²) in [5, 5.41) is 35.0. The summed E-state index contributed by atoms with van der Waals surface area (Å²) in [4.78, 5) is 16.7. The van der Waals surface area contributed by atoms with Crippen molar-refractivity contribution in [2.24, 2.45) is 0 Å². The smallest absolute Gasteiger partial charge is 0.164 e. The summed E-state index contributed by atoms with van der Waals surface area (Å²) < 4.78 is 4.69. The number of hydrogen-bond acceptors (Lipinski definition) is 6. The predicted molar refractivity (Wildman–Crippen MR) is 397 cm³/mol. The van der Waals surface area contributed by atoms with Gasteiger partial charge < -0.3 is 9.13 Å². The van der Waals surface area contributed by atoms with Crippen LogP contribution in [0.2, 0.25) is 0 Å². The van der Waals surface area contributed by atoms with Gasteiger partial charge in [0.2, 0.25) is 0 Å². The Morgan fingerprint density at radius 2 is 0.520 bits per heavy atom. The van der Waals surface area contributed by atoms with Crippen LogP contribution in [0.25, 0.3) is 167 Å². The van der Waals surface area contributed by atoms with E-state index in [-0.39, 0.29) is 0 Å². The second-order valence-electron chi connectivity index (χ2n) is 24.5. The van der Waals surface area contributed by atoms with Crippen molar-refractivity contribution < 1.29 is 0 Å². The number of aromatic nitrogens is 5. The van der Waals surface area contributed by atoms with Crippen molar-refractivity contribution in [3.05, 3.63) is 344 Å². The molecule has 0 radical (unpaired) electrons. The molecule has 0 fully saturated rings. The molecule has 0 saturated heterocycles. The quantitative estimate of drug-likeness (QED) is 0.120. The third-order valence-corrected chi connectivity index (χ3v) is 18.7. The molecule has 0 atom stereocenters. The van der Waals surface area contributed by atoms with Crippen LogP contribution in [0.5, 0.6) is 0 Å². The van der Waals surface area contributed by atoms with Gasteiger partial charge in [-0.2, -0.15) is 15.8 Å². The topological polar surface area (TPSA) is 120 Å². The molecular weight excluding hydrogens is 1190 g/mol. The molecule has 14 aromatic carbocycles. The molecule has 8 nitrogen and oxygen atoms in total. The lowest BCUT2D eigenvalue weighted by Crippen LogP contribution is -2.04. The van der Waals surface area contributed by atoms with Crippen molar-refractivity contribution in [3.63, 3.8) is 0 Å². The molecule has 0 amide bonds. The summed E-state index contributed by atoms with van der Waals surface area (Å²) in [6.07, 6.45) is 0. The lowest BCUT2D eigenvalue weighted by atomic mass is 9.97. The highest BCUT2D eigenvalue weighted by Gasteiger charge is 2.24. The van der Waals surface area contributed by atoms with E-state index in [1.54, 1.807) is 0 Å². The monoisotopic (exact) mass is 1250 g/mol. The molecule has 454 valence electrons. The molecule has 17 aromatic rings. The SMILES string of the molecule is N#Cc1ccc(-c2ccccc2-c2nc(-c3ccc(-c4cccc(C#N)c4)c(-n4c5ccc(-c6ccccc6)cc5c5cc(-c6ccccc6)ccc54)c3)nc(-c3ccc(-c4cccc(C#N)c4)c(-n4c5ccc(-c6ccccc6)cc5c5cc(-c6ccccc6)ccc54)c3)n2)cc1. The molecule has 0 bridgehead atoms. The number of benzene rings is 14. The third kappa shape index (κ3) is 10.5. The predicted octanol–water partition coefficient (Wildman–Crippen LogP) is 22.4. The van der Waals surface area contributed by atoms with E-state index in [1.165, 1.54) is 0 Å². The standard InChI is InChI=1S/C90H54N8/c91-55-58-31-33-65(34-32-58)74-29-13-14-30-77(74)90-95-88(72-35-41-75(70-27-15-17-59(47-70)56-92)86(53-72)97-82-43-37-66(61-19-5-1-6-20-61)49-78(82)79-50-67(38-44-83(79)97)62-21-7-2-8-22-62)94-89(96-90)73-36-42-76(71-28-16-18-60(48-71)57-93)87(54-73)98-84-45-39-68(63-23-9-3-10-24-63)51-80(84)81-52-69(40-46-85(81)98)64-25-11-4-12-26-64/h1-54H. The Balaban J connectivity index is 0.928. The van der Waals surface area contributed by atoms with E-state index >= 15 is 0 Å². The van der Waals surface area contributed by atoms with E-state index in [0.29, 0.717) is 34.2 Å². The Morgan fingerprint density at radius 3 is 0.888 bits per heavy atom. The van der Waals surface area contributed by atoms with E-state index in [4.69, 9.17) is 15.0 Å². The summed E-state index contributed by atoms with van der Waals surface area (Å²) in [5.41, 5.74) is 23.8. The Bertz CT molecular complexity index is 5610. The summed E-state index contributed by atoms with van der Waals surface area (Å²) in [6.45, 7) is 0. The van der Waals surface area contributed by atoms with Gasteiger partial charge in [0.1, 0.15) is 0 Å². The molecule has 0 aliphatic carbocycles. The molecule has 0 aliphatic heterocycles. The first-order valence-corrected chi connectivity index (χ1v) is 32.5. The fourth-order valence-electron chi connectivity index (χ4n) is 13.9. The second-order valence-corrected chi connectivity index (χ2v) is 24.5. The number of hydrogen-bond donors (Lipinski definition) is 0. The van der Waals surface area contributed by atoms with Crippen LogP contribution >= 0.6 is 0 Å². The zero-order chi connectivity index (χ0) is 65.6. The largest absolute Gasteiger partial charge is 0.309 e. The normalized spacial score (nSPS) is 11.2. The fourth-order valence-corrected chi connectivity index (χ4v) is 13.9. The Hall–Kier alpha value is -13.8. The molecule has 0 aliphatic rings. The summed E-state index contributed by atoms with van der Waals surface area (Å²) in [7, 11) is 0. The van der Waals surface area contributed by atoms with Crippen molar-refractivity contribution in [2.75, 3.05) is 0 Å². The van der Waals surface area contributed by atoms with Crippen LogP contribution < -0.4 is 0 Å². The zero-order valence-electron chi connectivity index (χ0n) is 52.8. The minimum absolute atomic E-state index is 0.433. The van der Waals surface area contributed by atoms with Gasteiger partial charge in [-0.05, 0) is 164 Å². The van der Waals surface area contributed by atoms with Crippen LogP contribution in [-0.2, 0) is 0 Å². The van der Waals surface area contributed by atoms with Crippen LogP contribution in [0.3, 0.4) is 0 Å². The molecule has 0 N–H and O–H groups in total. The highest BCUT2D eigenvalue weighted by molar-refractivity contribution is 6.14. The van der Waals surface area contributed by atoms with Crippen LogP contribution in [0.1, 0.15) is 16.7 Å². The van der Waals surface area contributed by atoms with Gasteiger partial charge in [0.15, 0.2) is 17.5 Å². The Morgan fingerprint density at radius 1 is 0.204 bits per heavy atom. The molecular formula is C90H54N8. The molecule has 0 saturated carbocycles. The first kappa shape index (κ1) is 58.0. The van der Waals surface area contributed by atoms with Gasteiger partial charge in [-0.25, -0.2) is 15.0 Å². The summed E-state index contributed by atoms with van der Waals surface area (Å²) in [6, 6.07) is 120. The van der Waals surface area contributed by atoms with Crippen LogP contribution in [0.15, 0.2) is 328 Å². The average molecular weight is 1250 g/mol. The van der Waals surface area contributed by atoms with E-state index in [1.807, 2.05) is 103 Å². The maximum absolute atomic E-state index is 10.4. The van der Waals surface area contributed by atoms with Gasteiger partial charge in [0, 0.05) is 49.4 Å². The Labute approximate surface area is 566 Å². The minimum Gasteiger partial charge on any atom is -0.309 e. The summed E-state index contributed by atoms with van der Waals surface area (Å²) >= 11 is 0. The first-order valence-electron chi connectivity index (χ1n) is 32.5. The van der Waals surface area contributed by atoms with Crippen LogP contribution in [0, 0.1) is 34.0 Å². The van der Waals surface area contributed by atoms with Gasteiger partial charge in [-0.15, -0.1) is 0 Å². The number of rotatable bonds is 12. The molecule has 3 aromatic heterocycles. The number of nitrogens with zero attached hydrogens (tertiary/aromatic N) is 8. The lowest BCUT2D eigenvalue weighted by Gasteiger charge is -2.18. The highest BCUT2D eigenvalue weighted by atomic mass is 15.0. The highest BCUT2D eigenvalue weighted by Crippen LogP contribution is 2.45. The number of fused-ring (bicyclic) bond motifs is 6. The van der Waals surface area contributed by atoms with Crippen LogP contribution in [-0.4, -0.2) is 24.1 Å². The van der Waals surface area contributed by atoms with E-state index < -0.39 is 0 Å². The van der Waals surface area contributed by atoms with Gasteiger partial charge in [-0.1, -0.05) is 231 Å². The second kappa shape index (κ2) is 24.6. The van der Waals surface area contributed by atoms with Gasteiger partial charge >= 0.3 is 0 Å². The van der Waals surface area contributed by atoms with E-state index in [0.717, 1.165) is 150 Å². The molecule has 0 spiro atoms. The fraction of sp³-hybridized carbons (Fsp3) is 0. The molecule has 98 heavy (non-hydrogen) atoms. The lowest BCUT2D eigenvalue weighted by molar-refractivity contribution is 1.07. The summed E-state index contributed by atoms with van der Waals surface area (Å²) in [5.74, 6) is 1.31. The zero-order valence-corrected chi connectivity index (χ0v) is 52.8. The minimum atomic E-state index is 0.433. The van der Waals surface area contributed by atoms with Crippen LogP contribution in [0.4, 0.5) is 0 Å². The Kier molecular flexibility index (Phi) is 14.5. The first-order chi connectivity index (χ1) is 48.4.